The van der Waals surface area contributed by atoms with Crippen LogP contribution in [0.5, 0.6) is 0 Å². The SMILES string of the molecule is FC(F)(F)c1ccc(Cl)c(NC(=S)NCCc2ccccc2)c1. The van der Waals surface area contributed by atoms with Crippen LogP contribution >= 0.6 is 23.8 Å². The number of alkyl halides is 3. The molecule has 2 aromatic carbocycles. The van der Waals surface area contributed by atoms with Crippen LogP contribution < -0.4 is 10.6 Å². The Kier molecular flexibility index (Phi) is 5.85. The molecule has 0 spiro atoms. The van der Waals surface area contributed by atoms with E-state index in [4.69, 9.17) is 23.8 Å². The molecule has 0 aliphatic heterocycles. The summed E-state index contributed by atoms with van der Waals surface area (Å²) >= 11 is 11.0. The minimum Gasteiger partial charge on any atom is -0.362 e. The van der Waals surface area contributed by atoms with Gasteiger partial charge in [-0.3, -0.25) is 0 Å². The van der Waals surface area contributed by atoms with Crippen molar-refractivity contribution in [3.63, 3.8) is 0 Å². The second-order valence-corrected chi connectivity index (χ2v) is 5.62. The van der Waals surface area contributed by atoms with Crippen molar-refractivity contribution < 1.29 is 13.2 Å². The summed E-state index contributed by atoms with van der Waals surface area (Å²) in [6.07, 6.45) is -3.68. The average molecular weight is 359 g/mol. The summed E-state index contributed by atoms with van der Waals surface area (Å²) in [5, 5.41) is 6.04. The van der Waals surface area contributed by atoms with E-state index in [1.807, 2.05) is 30.3 Å². The van der Waals surface area contributed by atoms with Gasteiger partial charge in [-0.25, -0.2) is 0 Å². The van der Waals surface area contributed by atoms with Gasteiger partial charge in [-0.1, -0.05) is 41.9 Å². The van der Waals surface area contributed by atoms with E-state index in [0.29, 0.717) is 6.54 Å². The van der Waals surface area contributed by atoms with E-state index in [-0.39, 0.29) is 15.8 Å². The number of rotatable bonds is 4. The molecule has 0 bridgehead atoms. The standard InChI is InChI=1S/C16H14ClF3N2S/c17-13-7-6-12(16(18,19)20)10-14(13)22-15(23)21-9-8-11-4-2-1-3-5-11/h1-7,10H,8-9H2,(H2,21,22,23). The van der Waals surface area contributed by atoms with Crippen LogP contribution in [0, 0.1) is 0 Å². The average Bonchev–Trinajstić information content (AvgIpc) is 2.49. The lowest BCUT2D eigenvalue weighted by Gasteiger charge is -2.14. The quantitative estimate of drug-likeness (QED) is 0.761. The normalized spacial score (nSPS) is 11.1. The zero-order valence-electron chi connectivity index (χ0n) is 12.0. The fourth-order valence-corrected chi connectivity index (χ4v) is 2.31. The summed E-state index contributed by atoms with van der Waals surface area (Å²) in [4.78, 5) is 0. The topological polar surface area (TPSA) is 24.1 Å². The van der Waals surface area contributed by atoms with Crippen LogP contribution in [0.25, 0.3) is 0 Å². The molecule has 23 heavy (non-hydrogen) atoms. The maximum Gasteiger partial charge on any atom is 0.416 e. The Balaban J connectivity index is 1.92. The first-order valence-corrected chi connectivity index (χ1v) is 7.60. The van der Waals surface area contributed by atoms with Gasteiger partial charge < -0.3 is 10.6 Å². The lowest BCUT2D eigenvalue weighted by atomic mass is 10.1. The molecule has 7 heteroatoms. The highest BCUT2D eigenvalue weighted by atomic mass is 35.5. The number of halogens is 4. The summed E-state index contributed by atoms with van der Waals surface area (Å²) in [6, 6.07) is 12.8. The van der Waals surface area contributed by atoms with Crippen molar-refractivity contribution in [3.05, 3.63) is 64.7 Å². The predicted molar refractivity (Wildman–Crippen MR) is 90.8 cm³/mol. The van der Waals surface area contributed by atoms with Gasteiger partial charge in [0.05, 0.1) is 16.3 Å². The molecule has 2 aromatic rings. The lowest BCUT2D eigenvalue weighted by Crippen LogP contribution is -2.30. The van der Waals surface area contributed by atoms with Crippen molar-refractivity contribution in [3.8, 4) is 0 Å². The van der Waals surface area contributed by atoms with Gasteiger partial charge in [0.1, 0.15) is 0 Å². The Bertz CT molecular complexity index is 675. The number of benzene rings is 2. The van der Waals surface area contributed by atoms with Crippen LogP contribution in [0.2, 0.25) is 5.02 Å². The summed E-state index contributed by atoms with van der Waals surface area (Å²) in [6.45, 7) is 0.562. The summed E-state index contributed by atoms with van der Waals surface area (Å²) in [7, 11) is 0. The molecule has 122 valence electrons. The van der Waals surface area contributed by atoms with E-state index in [2.05, 4.69) is 10.6 Å². The fraction of sp³-hybridized carbons (Fsp3) is 0.188. The molecule has 0 aliphatic carbocycles. The first-order chi connectivity index (χ1) is 10.9. The first-order valence-electron chi connectivity index (χ1n) is 6.82. The molecule has 0 saturated heterocycles. The van der Waals surface area contributed by atoms with E-state index >= 15 is 0 Å². The van der Waals surface area contributed by atoms with Gasteiger partial charge >= 0.3 is 6.18 Å². The van der Waals surface area contributed by atoms with Crippen molar-refractivity contribution in [2.45, 2.75) is 12.6 Å². The summed E-state index contributed by atoms with van der Waals surface area (Å²) in [5.74, 6) is 0. The van der Waals surface area contributed by atoms with Crippen LogP contribution in [0.15, 0.2) is 48.5 Å². The number of anilines is 1. The van der Waals surface area contributed by atoms with Gasteiger partial charge in [-0.05, 0) is 42.4 Å². The molecular formula is C16H14ClF3N2S. The van der Waals surface area contributed by atoms with Crippen molar-refractivity contribution in [2.24, 2.45) is 0 Å². The van der Waals surface area contributed by atoms with Gasteiger partial charge in [-0.2, -0.15) is 13.2 Å². The summed E-state index contributed by atoms with van der Waals surface area (Å²) < 4.78 is 38.1. The number of hydrogen-bond acceptors (Lipinski definition) is 1. The zero-order chi connectivity index (χ0) is 16.9. The third-order valence-corrected chi connectivity index (χ3v) is 3.66. The van der Waals surface area contributed by atoms with Crippen molar-refractivity contribution in [2.75, 3.05) is 11.9 Å². The van der Waals surface area contributed by atoms with Gasteiger partial charge in [0, 0.05) is 6.54 Å². The molecule has 2 N–H and O–H groups in total. The predicted octanol–water partition coefficient (Wildman–Crippen LogP) is 4.89. The van der Waals surface area contributed by atoms with E-state index in [1.54, 1.807) is 0 Å². The zero-order valence-corrected chi connectivity index (χ0v) is 13.5. The molecule has 0 aromatic heterocycles. The Hall–Kier alpha value is -1.79. The minimum absolute atomic E-state index is 0.124. The third-order valence-electron chi connectivity index (χ3n) is 3.08. The molecule has 0 amide bonds. The highest BCUT2D eigenvalue weighted by Gasteiger charge is 2.31. The second kappa shape index (κ2) is 7.66. The molecule has 0 atom stereocenters. The second-order valence-electron chi connectivity index (χ2n) is 4.81. The van der Waals surface area contributed by atoms with E-state index in [0.717, 1.165) is 24.1 Å². The van der Waals surface area contributed by atoms with Gasteiger partial charge in [-0.15, -0.1) is 0 Å². The molecule has 0 heterocycles. The van der Waals surface area contributed by atoms with Crippen LogP contribution in [0.3, 0.4) is 0 Å². The Labute approximate surface area is 142 Å². The van der Waals surface area contributed by atoms with Crippen molar-refractivity contribution >= 4 is 34.6 Å². The fourth-order valence-electron chi connectivity index (χ4n) is 1.93. The highest BCUT2D eigenvalue weighted by molar-refractivity contribution is 7.80. The highest BCUT2D eigenvalue weighted by Crippen LogP contribution is 2.33. The largest absolute Gasteiger partial charge is 0.416 e. The van der Waals surface area contributed by atoms with Gasteiger partial charge in [0.2, 0.25) is 0 Å². The Morgan fingerprint density at radius 1 is 1.09 bits per heavy atom. The molecule has 0 unspecified atom stereocenters. The maximum atomic E-state index is 12.7. The number of thiocarbonyl (C=S) groups is 1. The lowest BCUT2D eigenvalue weighted by molar-refractivity contribution is -0.137. The minimum atomic E-state index is -4.43. The van der Waals surface area contributed by atoms with E-state index < -0.39 is 11.7 Å². The first kappa shape index (κ1) is 17.6. The van der Waals surface area contributed by atoms with Crippen molar-refractivity contribution in [1.29, 1.82) is 0 Å². The number of nitrogens with one attached hydrogen (secondary N) is 2. The molecule has 0 radical (unpaired) electrons. The monoisotopic (exact) mass is 358 g/mol. The Morgan fingerprint density at radius 2 is 1.78 bits per heavy atom. The number of hydrogen-bond donors (Lipinski definition) is 2. The molecule has 0 aliphatic rings. The molecule has 0 fully saturated rings. The van der Waals surface area contributed by atoms with E-state index in [9.17, 15) is 13.2 Å². The summed E-state index contributed by atoms with van der Waals surface area (Å²) in [5.41, 5.74) is 0.482. The maximum absolute atomic E-state index is 12.7. The van der Waals surface area contributed by atoms with Gasteiger partial charge in [0.15, 0.2) is 5.11 Å². The Morgan fingerprint density at radius 3 is 2.43 bits per heavy atom. The molecule has 0 saturated carbocycles. The van der Waals surface area contributed by atoms with Gasteiger partial charge in [0.25, 0.3) is 0 Å². The van der Waals surface area contributed by atoms with Crippen LogP contribution in [-0.4, -0.2) is 11.7 Å². The molecule has 2 nitrogen and oxygen atoms in total. The van der Waals surface area contributed by atoms with Crippen molar-refractivity contribution in [1.82, 2.24) is 5.32 Å². The van der Waals surface area contributed by atoms with Crippen LogP contribution in [-0.2, 0) is 12.6 Å². The van der Waals surface area contributed by atoms with E-state index in [1.165, 1.54) is 6.07 Å². The molecular weight excluding hydrogens is 345 g/mol. The smallest absolute Gasteiger partial charge is 0.362 e. The van der Waals surface area contributed by atoms with Crippen LogP contribution in [0.1, 0.15) is 11.1 Å². The third kappa shape index (κ3) is 5.41. The van der Waals surface area contributed by atoms with Crippen LogP contribution in [0.4, 0.5) is 18.9 Å². The molecule has 2 rings (SSSR count).